The van der Waals surface area contributed by atoms with E-state index < -0.39 is 24.0 Å². The highest BCUT2D eigenvalue weighted by Gasteiger charge is 2.41. The van der Waals surface area contributed by atoms with Crippen molar-refractivity contribution in [3.63, 3.8) is 0 Å². The smallest absolute Gasteiger partial charge is 0.328 e. The molecule has 0 aliphatic carbocycles. The van der Waals surface area contributed by atoms with Crippen LogP contribution in [-0.2, 0) is 16.6 Å². The normalized spacial score (nSPS) is 16.6. The Morgan fingerprint density at radius 1 is 0.974 bits per heavy atom. The van der Waals surface area contributed by atoms with Crippen molar-refractivity contribution < 1.29 is 19.1 Å². The highest BCUT2D eigenvalue weighted by molar-refractivity contribution is 6.00. The Labute approximate surface area is 225 Å². The number of nitrogens with zero attached hydrogens (tertiary/aromatic N) is 4. The lowest BCUT2D eigenvalue weighted by molar-refractivity contribution is -0.145. The molecule has 10 heteroatoms. The fourth-order valence-electron chi connectivity index (χ4n) is 4.80. The standard InChI is InChI=1S/C29H28N6O4/c1-34-16-22(15-32-34)21-12-24(26(30)31-14-21)27(36)33-23-13-25(29(38)39-2)35(17-23)28(37)20-10-6-9-19(11-20)18-7-4-3-5-8-18/h3-12,14-16,23,25H,13,17H2,1-2H3,(H2,30,31)(H,33,36)/t23-,25-/m0/s1. The monoisotopic (exact) mass is 524 g/mol. The number of hydrogen-bond donors (Lipinski definition) is 2. The van der Waals surface area contributed by atoms with E-state index >= 15 is 0 Å². The number of hydrogen-bond acceptors (Lipinski definition) is 7. The zero-order valence-corrected chi connectivity index (χ0v) is 21.6. The molecular formula is C29H28N6O4. The average molecular weight is 525 g/mol. The number of amides is 2. The molecule has 2 amide bonds. The summed E-state index contributed by atoms with van der Waals surface area (Å²) in [6, 6.07) is 17.3. The Morgan fingerprint density at radius 2 is 1.74 bits per heavy atom. The minimum absolute atomic E-state index is 0.0771. The zero-order valence-electron chi connectivity index (χ0n) is 21.6. The molecule has 2 aromatic heterocycles. The van der Waals surface area contributed by atoms with Gasteiger partial charge in [0.2, 0.25) is 0 Å². The molecule has 1 fully saturated rings. The number of nitrogens with one attached hydrogen (secondary N) is 1. The van der Waals surface area contributed by atoms with Crippen molar-refractivity contribution in [2.75, 3.05) is 19.4 Å². The van der Waals surface area contributed by atoms with E-state index in [2.05, 4.69) is 15.4 Å². The van der Waals surface area contributed by atoms with Gasteiger partial charge < -0.3 is 20.7 Å². The molecule has 0 unspecified atom stereocenters. The Morgan fingerprint density at radius 3 is 2.46 bits per heavy atom. The van der Waals surface area contributed by atoms with Crippen LogP contribution >= 0.6 is 0 Å². The second-order valence-electron chi connectivity index (χ2n) is 9.41. The second-order valence-corrected chi connectivity index (χ2v) is 9.41. The SMILES string of the molecule is COC(=O)[C@@H]1C[C@H](NC(=O)c2cc(-c3cnn(C)c3)cnc2N)CN1C(=O)c1cccc(-c2ccccc2)c1. The van der Waals surface area contributed by atoms with Gasteiger partial charge in [-0.2, -0.15) is 5.10 Å². The number of pyridine rings is 1. The molecule has 0 radical (unpaired) electrons. The van der Waals surface area contributed by atoms with E-state index in [1.165, 1.54) is 12.0 Å². The van der Waals surface area contributed by atoms with E-state index in [-0.39, 0.29) is 30.3 Å². The van der Waals surface area contributed by atoms with Crippen molar-refractivity contribution in [3.8, 4) is 22.3 Å². The van der Waals surface area contributed by atoms with Crippen LogP contribution in [0.5, 0.6) is 0 Å². The van der Waals surface area contributed by atoms with Gasteiger partial charge in [-0.25, -0.2) is 9.78 Å². The molecule has 39 heavy (non-hydrogen) atoms. The minimum Gasteiger partial charge on any atom is -0.467 e. The van der Waals surface area contributed by atoms with E-state index in [1.54, 1.807) is 42.3 Å². The van der Waals surface area contributed by atoms with Gasteiger partial charge in [-0.05, 0) is 29.3 Å². The van der Waals surface area contributed by atoms with Gasteiger partial charge in [-0.3, -0.25) is 14.3 Å². The first-order chi connectivity index (χ1) is 18.8. The number of carbonyl (C=O) groups is 3. The Kier molecular flexibility index (Phi) is 7.09. The molecule has 0 bridgehead atoms. The third-order valence-electron chi connectivity index (χ3n) is 6.79. The second kappa shape index (κ2) is 10.8. The molecule has 1 aliphatic heterocycles. The number of nitrogen functional groups attached to an aromatic ring is 1. The quantitative estimate of drug-likeness (QED) is 0.371. The molecule has 3 heterocycles. The largest absolute Gasteiger partial charge is 0.467 e. The molecule has 10 nitrogen and oxygen atoms in total. The van der Waals surface area contributed by atoms with Crippen LogP contribution in [0.4, 0.5) is 5.82 Å². The van der Waals surface area contributed by atoms with Crippen molar-refractivity contribution in [1.29, 1.82) is 0 Å². The van der Waals surface area contributed by atoms with Gasteiger partial charge in [-0.15, -0.1) is 0 Å². The molecule has 1 aliphatic rings. The number of aromatic nitrogens is 3. The number of ether oxygens (including phenoxy) is 1. The lowest BCUT2D eigenvalue weighted by Crippen LogP contribution is -2.42. The van der Waals surface area contributed by atoms with Crippen molar-refractivity contribution in [3.05, 3.63) is 90.4 Å². The van der Waals surface area contributed by atoms with Gasteiger partial charge >= 0.3 is 5.97 Å². The maximum atomic E-state index is 13.6. The fraction of sp³-hybridized carbons (Fsp3) is 0.207. The van der Waals surface area contributed by atoms with Crippen molar-refractivity contribution in [2.24, 2.45) is 7.05 Å². The number of carbonyl (C=O) groups excluding carboxylic acids is 3. The number of nitrogens with two attached hydrogens (primary N) is 1. The molecule has 3 N–H and O–H groups in total. The van der Waals surface area contributed by atoms with E-state index in [0.717, 1.165) is 16.7 Å². The Hall–Kier alpha value is -4.99. The zero-order chi connectivity index (χ0) is 27.5. The molecular weight excluding hydrogens is 496 g/mol. The maximum Gasteiger partial charge on any atom is 0.328 e. The minimum atomic E-state index is -0.842. The van der Waals surface area contributed by atoms with Crippen LogP contribution < -0.4 is 11.1 Å². The highest BCUT2D eigenvalue weighted by Crippen LogP contribution is 2.26. The maximum absolute atomic E-state index is 13.6. The lowest BCUT2D eigenvalue weighted by atomic mass is 10.0. The van der Waals surface area contributed by atoms with Crippen molar-refractivity contribution in [2.45, 2.75) is 18.5 Å². The first kappa shape index (κ1) is 25.7. The summed E-state index contributed by atoms with van der Waals surface area (Å²) >= 11 is 0. The molecule has 2 aromatic carbocycles. The summed E-state index contributed by atoms with van der Waals surface area (Å²) in [5.74, 6) is -1.23. The Balaban J connectivity index is 1.36. The number of esters is 1. The molecule has 1 saturated heterocycles. The summed E-state index contributed by atoms with van der Waals surface area (Å²) in [6.07, 6.45) is 5.26. The predicted octanol–water partition coefficient (Wildman–Crippen LogP) is 2.92. The van der Waals surface area contributed by atoms with Gasteiger partial charge in [0, 0.05) is 55.1 Å². The molecule has 198 valence electrons. The number of likely N-dealkylation sites (tertiary alicyclic amines) is 1. The van der Waals surface area contributed by atoms with Crippen LogP contribution in [0, 0.1) is 0 Å². The summed E-state index contributed by atoms with van der Waals surface area (Å²) in [6.45, 7) is 0.134. The van der Waals surface area contributed by atoms with Crippen molar-refractivity contribution in [1.82, 2.24) is 25.0 Å². The lowest BCUT2D eigenvalue weighted by Gasteiger charge is -2.23. The van der Waals surface area contributed by atoms with E-state index in [0.29, 0.717) is 11.1 Å². The summed E-state index contributed by atoms with van der Waals surface area (Å²) in [7, 11) is 3.08. The predicted molar refractivity (Wildman–Crippen MR) is 145 cm³/mol. The summed E-state index contributed by atoms with van der Waals surface area (Å²) < 4.78 is 6.63. The van der Waals surface area contributed by atoms with E-state index in [1.807, 2.05) is 48.7 Å². The molecule has 2 atom stereocenters. The average Bonchev–Trinajstić information content (AvgIpc) is 3.59. The molecule has 5 rings (SSSR count). The molecule has 0 saturated carbocycles. The first-order valence-electron chi connectivity index (χ1n) is 12.4. The number of benzene rings is 2. The van der Waals surface area contributed by atoms with E-state index in [9.17, 15) is 14.4 Å². The van der Waals surface area contributed by atoms with Gasteiger partial charge in [-0.1, -0.05) is 42.5 Å². The van der Waals surface area contributed by atoms with Gasteiger partial charge in [0.25, 0.3) is 11.8 Å². The highest BCUT2D eigenvalue weighted by atomic mass is 16.5. The molecule has 4 aromatic rings. The van der Waals surface area contributed by atoms with E-state index in [4.69, 9.17) is 10.5 Å². The van der Waals surface area contributed by atoms with Crippen LogP contribution in [0.1, 0.15) is 27.1 Å². The summed E-state index contributed by atoms with van der Waals surface area (Å²) in [5, 5.41) is 7.08. The van der Waals surface area contributed by atoms with Gasteiger partial charge in [0.1, 0.15) is 11.9 Å². The summed E-state index contributed by atoms with van der Waals surface area (Å²) in [4.78, 5) is 45.1. The number of rotatable bonds is 6. The van der Waals surface area contributed by atoms with Crippen LogP contribution in [0.25, 0.3) is 22.3 Å². The first-order valence-corrected chi connectivity index (χ1v) is 12.4. The fourth-order valence-corrected chi connectivity index (χ4v) is 4.80. The summed E-state index contributed by atoms with van der Waals surface area (Å²) in [5.41, 5.74) is 10.0. The van der Waals surface area contributed by atoms with Crippen LogP contribution in [-0.4, -0.2) is 63.2 Å². The van der Waals surface area contributed by atoms with Crippen LogP contribution in [0.2, 0.25) is 0 Å². The van der Waals surface area contributed by atoms with Crippen molar-refractivity contribution >= 4 is 23.6 Å². The van der Waals surface area contributed by atoms with Crippen LogP contribution in [0.3, 0.4) is 0 Å². The van der Waals surface area contributed by atoms with Crippen LogP contribution in [0.15, 0.2) is 79.3 Å². The third kappa shape index (κ3) is 5.35. The number of anilines is 1. The number of methoxy groups -OCH3 is 1. The topological polar surface area (TPSA) is 132 Å². The number of aryl methyl sites for hydroxylation is 1. The van der Waals surface area contributed by atoms with Gasteiger partial charge in [0.15, 0.2) is 0 Å². The molecule has 0 spiro atoms. The third-order valence-corrected chi connectivity index (χ3v) is 6.79. The van der Waals surface area contributed by atoms with Gasteiger partial charge in [0.05, 0.1) is 18.9 Å². The Bertz CT molecular complexity index is 1530.